The normalized spacial score (nSPS) is 17.9. The van der Waals surface area contributed by atoms with E-state index in [1.165, 1.54) is 0 Å². The number of ketones is 1. The van der Waals surface area contributed by atoms with Gasteiger partial charge in [-0.1, -0.05) is 63.2 Å². The van der Waals surface area contributed by atoms with Crippen LogP contribution in [0.15, 0.2) is 60.2 Å². The quantitative estimate of drug-likeness (QED) is 0.343. The molecular weight excluding hydrogens is 404 g/mol. The van der Waals surface area contributed by atoms with Crippen molar-refractivity contribution in [3.05, 3.63) is 71.3 Å². The number of nitrogens with zero attached hydrogens (tertiary/aromatic N) is 2. The highest BCUT2D eigenvalue weighted by Gasteiger charge is 2.45. The molecule has 2 aromatic rings. The molecule has 0 spiro atoms. The van der Waals surface area contributed by atoms with Crippen molar-refractivity contribution < 1.29 is 19.4 Å². The molecule has 32 heavy (non-hydrogen) atoms. The minimum absolute atomic E-state index is 0.128. The molecule has 1 heterocycles. The van der Waals surface area contributed by atoms with Crippen LogP contribution in [0, 0.1) is 0 Å². The van der Waals surface area contributed by atoms with Crippen LogP contribution in [-0.2, 0) is 9.59 Å². The second-order valence-electron chi connectivity index (χ2n) is 7.80. The van der Waals surface area contributed by atoms with E-state index in [1.807, 2.05) is 37.3 Å². The van der Waals surface area contributed by atoms with Gasteiger partial charge in [0.1, 0.15) is 11.5 Å². The summed E-state index contributed by atoms with van der Waals surface area (Å²) in [7, 11) is 0. The van der Waals surface area contributed by atoms with Gasteiger partial charge < -0.3 is 19.6 Å². The maximum absolute atomic E-state index is 13.1. The largest absolute Gasteiger partial charge is 0.507 e. The van der Waals surface area contributed by atoms with Crippen molar-refractivity contribution in [2.75, 3.05) is 32.8 Å². The number of aliphatic hydroxyl groups is 1. The smallest absolute Gasteiger partial charge is 0.295 e. The average molecular weight is 437 g/mol. The van der Waals surface area contributed by atoms with Gasteiger partial charge in [0.05, 0.1) is 18.2 Å². The van der Waals surface area contributed by atoms with Crippen LogP contribution in [0.1, 0.15) is 44.4 Å². The van der Waals surface area contributed by atoms with Crippen molar-refractivity contribution in [2.24, 2.45) is 0 Å². The number of carbonyl (C=O) groups is 2. The van der Waals surface area contributed by atoms with E-state index < -0.39 is 17.7 Å². The molecule has 0 unspecified atom stereocenters. The lowest BCUT2D eigenvalue weighted by Crippen LogP contribution is -2.38. The molecule has 0 aromatic heterocycles. The molecule has 1 fully saturated rings. The standard InChI is InChI=1S/C26H32N2O4/c1-4-18-32-21-14-12-19(13-15-21)23-22(24(29)20-10-8-7-9-11-20)25(30)26(31)28(23)17-16-27(5-2)6-3/h7-15,23,29H,4-6,16-18H2,1-3H3/b24-22+/t23-/m1/s1. The fourth-order valence-corrected chi connectivity index (χ4v) is 3.96. The van der Waals surface area contributed by atoms with Gasteiger partial charge in [0, 0.05) is 18.7 Å². The molecule has 0 radical (unpaired) electrons. The maximum atomic E-state index is 13.1. The lowest BCUT2D eigenvalue weighted by molar-refractivity contribution is -0.140. The van der Waals surface area contributed by atoms with Crippen LogP contribution >= 0.6 is 0 Å². The minimum atomic E-state index is -0.651. The Hall–Kier alpha value is -3.12. The lowest BCUT2D eigenvalue weighted by atomic mass is 9.95. The number of rotatable bonds is 10. The van der Waals surface area contributed by atoms with Crippen LogP contribution in [-0.4, -0.2) is 59.4 Å². The van der Waals surface area contributed by atoms with Gasteiger partial charge in [0.15, 0.2) is 0 Å². The molecule has 1 aliphatic heterocycles. The fraction of sp³-hybridized carbons (Fsp3) is 0.385. The zero-order chi connectivity index (χ0) is 23.1. The fourth-order valence-electron chi connectivity index (χ4n) is 3.96. The van der Waals surface area contributed by atoms with E-state index in [0.29, 0.717) is 25.3 Å². The summed E-state index contributed by atoms with van der Waals surface area (Å²) in [6, 6.07) is 15.7. The predicted molar refractivity (Wildman–Crippen MR) is 125 cm³/mol. The second-order valence-corrected chi connectivity index (χ2v) is 7.80. The molecule has 1 aliphatic rings. The highest BCUT2D eigenvalue weighted by Crippen LogP contribution is 2.39. The lowest BCUT2D eigenvalue weighted by Gasteiger charge is -2.28. The third kappa shape index (κ3) is 5.02. The van der Waals surface area contributed by atoms with E-state index in [1.54, 1.807) is 29.2 Å². The first-order chi connectivity index (χ1) is 15.5. The molecule has 3 rings (SSSR count). The topological polar surface area (TPSA) is 70.1 Å². The highest BCUT2D eigenvalue weighted by atomic mass is 16.5. The molecule has 1 amide bonds. The highest BCUT2D eigenvalue weighted by molar-refractivity contribution is 6.46. The van der Waals surface area contributed by atoms with E-state index >= 15 is 0 Å². The Morgan fingerprint density at radius 3 is 2.25 bits per heavy atom. The van der Waals surface area contributed by atoms with Gasteiger partial charge in [-0.25, -0.2) is 0 Å². The van der Waals surface area contributed by atoms with Gasteiger partial charge in [-0.3, -0.25) is 9.59 Å². The Morgan fingerprint density at radius 2 is 1.66 bits per heavy atom. The van der Waals surface area contributed by atoms with Crippen molar-refractivity contribution in [2.45, 2.75) is 33.2 Å². The third-order valence-corrected chi connectivity index (χ3v) is 5.81. The zero-order valence-corrected chi connectivity index (χ0v) is 19.1. The molecule has 2 aromatic carbocycles. The maximum Gasteiger partial charge on any atom is 0.295 e. The van der Waals surface area contributed by atoms with Gasteiger partial charge in [-0.05, 0) is 37.2 Å². The number of ether oxygens (including phenoxy) is 1. The van der Waals surface area contributed by atoms with E-state index in [9.17, 15) is 14.7 Å². The summed E-state index contributed by atoms with van der Waals surface area (Å²) in [6.45, 7) is 9.57. The average Bonchev–Trinajstić information content (AvgIpc) is 3.08. The first-order valence-electron chi connectivity index (χ1n) is 11.3. The molecule has 1 saturated heterocycles. The summed E-state index contributed by atoms with van der Waals surface area (Å²) in [5.74, 6) is -0.641. The van der Waals surface area contributed by atoms with Gasteiger partial charge in [-0.2, -0.15) is 0 Å². The van der Waals surface area contributed by atoms with Crippen LogP contribution < -0.4 is 4.74 Å². The minimum Gasteiger partial charge on any atom is -0.507 e. The molecule has 0 saturated carbocycles. The van der Waals surface area contributed by atoms with Gasteiger partial charge in [0.25, 0.3) is 11.7 Å². The van der Waals surface area contributed by atoms with Crippen LogP contribution in [0.3, 0.4) is 0 Å². The zero-order valence-electron chi connectivity index (χ0n) is 19.1. The van der Waals surface area contributed by atoms with E-state index in [0.717, 1.165) is 30.8 Å². The number of hydrogen-bond acceptors (Lipinski definition) is 5. The summed E-state index contributed by atoms with van der Waals surface area (Å²) in [4.78, 5) is 29.9. The molecule has 6 nitrogen and oxygen atoms in total. The number of aliphatic hydroxyl groups excluding tert-OH is 1. The monoisotopic (exact) mass is 436 g/mol. The van der Waals surface area contributed by atoms with E-state index in [-0.39, 0.29) is 11.3 Å². The molecule has 1 N–H and O–H groups in total. The molecule has 0 aliphatic carbocycles. The Labute approximate surface area is 190 Å². The summed E-state index contributed by atoms with van der Waals surface area (Å²) < 4.78 is 5.68. The second kappa shape index (κ2) is 11.0. The molecule has 6 heteroatoms. The van der Waals surface area contributed by atoms with E-state index in [4.69, 9.17) is 4.74 Å². The number of hydrogen-bond donors (Lipinski definition) is 1. The number of likely N-dealkylation sites (tertiary alicyclic amines) is 1. The molecule has 170 valence electrons. The first kappa shape index (κ1) is 23.5. The van der Waals surface area contributed by atoms with Crippen LogP contribution in [0.4, 0.5) is 0 Å². The summed E-state index contributed by atoms with van der Waals surface area (Å²) in [6.07, 6.45) is 0.907. The number of likely N-dealkylation sites (N-methyl/N-ethyl adjacent to an activating group) is 1. The van der Waals surface area contributed by atoms with Crippen molar-refractivity contribution in [3.8, 4) is 5.75 Å². The van der Waals surface area contributed by atoms with Crippen LogP contribution in [0.2, 0.25) is 0 Å². The number of carbonyl (C=O) groups excluding carboxylic acids is 2. The number of benzene rings is 2. The molecule has 0 bridgehead atoms. The van der Waals surface area contributed by atoms with Gasteiger partial charge in [0.2, 0.25) is 0 Å². The van der Waals surface area contributed by atoms with Crippen molar-refractivity contribution in [1.29, 1.82) is 0 Å². The summed E-state index contributed by atoms with van der Waals surface area (Å²) >= 11 is 0. The number of amides is 1. The van der Waals surface area contributed by atoms with Crippen molar-refractivity contribution >= 4 is 17.4 Å². The third-order valence-electron chi connectivity index (χ3n) is 5.81. The Kier molecular flexibility index (Phi) is 8.06. The Bertz CT molecular complexity index is 950. The van der Waals surface area contributed by atoms with Crippen LogP contribution in [0.5, 0.6) is 5.75 Å². The van der Waals surface area contributed by atoms with Crippen molar-refractivity contribution in [3.63, 3.8) is 0 Å². The Balaban J connectivity index is 2.03. The molecular formula is C26H32N2O4. The Morgan fingerprint density at radius 1 is 1.00 bits per heavy atom. The number of Topliss-reactive ketones (excluding diaryl/α,β-unsaturated/α-hetero) is 1. The molecule has 1 atom stereocenters. The van der Waals surface area contributed by atoms with Crippen molar-refractivity contribution in [1.82, 2.24) is 9.80 Å². The predicted octanol–water partition coefficient (Wildman–Crippen LogP) is 4.24. The SMILES string of the molecule is CCCOc1ccc([C@@H]2/C(=C(\O)c3ccccc3)C(=O)C(=O)N2CCN(CC)CC)cc1. The summed E-state index contributed by atoms with van der Waals surface area (Å²) in [5.41, 5.74) is 1.41. The summed E-state index contributed by atoms with van der Waals surface area (Å²) in [5, 5.41) is 11.0. The van der Waals surface area contributed by atoms with Gasteiger partial charge >= 0.3 is 0 Å². The first-order valence-corrected chi connectivity index (χ1v) is 11.3. The van der Waals surface area contributed by atoms with Crippen LogP contribution in [0.25, 0.3) is 5.76 Å². The van der Waals surface area contributed by atoms with Gasteiger partial charge in [-0.15, -0.1) is 0 Å². The van der Waals surface area contributed by atoms with E-state index in [2.05, 4.69) is 18.7 Å².